The first-order valence-electron chi connectivity index (χ1n) is 7.10. The summed E-state index contributed by atoms with van der Waals surface area (Å²) in [6, 6.07) is 15.6. The topological polar surface area (TPSA) is 58.0 Å². The number of alkyl halides is 3. The summed E-state index contributed by atoms with van der Waals surface area (Å²) < 4.78 is 40.8. The van der Waals surface area contributed by atoms with Gasteiger partial charge in [-0.25, -0.2) is 4.68 Å². The SMILES string of the molecule is O=c1c(C(O)c2ccccc2)c(C(F)(F)F)[nH]n1-c1ccccc1. The zero-order chi connectivity index (χ0) is 17.3. The van der Waals surface area contributed by atoms with E-state index in [-0.39, 0.29) is 11.3 Å². The van der Waals surface area contributed by atoms with Crippen LogP contribution in [0.3, 0.4) is 0 Å². The largest absolute Gasteiger partial charge is 0.433 e. The predicted molar refractivity (Wildman–Crippen MR) is 81.9 cm³/mol. The third-order valence-corrected chi connectivity index (χ3v) is 3.61. The van der Waals surface area contributed by atoms with Crippen molar-refractivity contribution in [2.75, 3.05) is 0 Å². The summed E-state index contributed by atoms with van der Waals surface area (Å²) in [6.07, 6.45) is -6.49. The molecule has 0 bridgehead atoms. The number of para-hydroxylation sites is 1. The second-order valence-corrected chi connectivity index (χ2v) is 5.19. The van der Waals surface area contributed by atoms with Gasteiger partial charge in [0.2, 0.25) is 0 Å². The molecule has 0 amide bonds. The number of benzene rings is 2. The molecular weight excluding hydrogens is 321 g/mol. The summed E-state index contributed by atoms with van der Waals surface area (Å²) in [5, 5.41) is 12.4. The van der Waals surface area contributed by atoms with E-state index in [4.69, 9.17) is 0 Å². The highest BCUT2D eigenvalue weighted by Gasteiger charge is 2.40. The summed E-state index contributed by atoms with van der Waals surface area (Å²) in [5.74, 6) is 0. The molecule has 3 aromatic rings. The van der Waals surface area contributed by atoms with Gasteiger partial charge in [-0.3, -0.25) is 9.89 Å². The van der Waals surface area contributed by atoms with E-state index in [1.54, 1.807) is 36.4 Å². The van der Waals surface area contributed by atoms with Crippen LogP contribution in [-0.4, -0.2) is 14.9 Å². The van der Waals surface area contributed by atoms with Crippen LogP contribution >= 0.6 is 0 Å². The molecule has 24 heavy (non-hydrogen) atoms. The minimum absolute atomic E-state index is 0.208. The third kappa shape index (κ3) is 2.85. The average Bonchev–Trinajstić information content (AvgIpc) is 2.93. The number of aliphatic hydroxyl groups is 1. The summed E-state index contributed by atoms with van der Waals surface area (Å²) in [4.78, 5) is 12.5. The van der Waals surface area contributed by atoms with E-state index in [1.807, 2.05) is 0 Å². The average molecular weight is 334 g/mol. The zero-order valence-electron chi connectivity index (χ0n) is 12.3. The number of rotatable bonds is 3. The fourth-order valence-corrected chi connectivity index (χ4v) is 2.48. The molecule has 4 nitrogen and oxygen atoms in total. The number of hydrogen-bond donors (Lipinski definition) is 2. The second kappa shape index (κ2) is 6.01. The maximum Gasteiger partial charge on any atom is 0.433 e. The Morgan fingerprint density at radius 1 is 0.958 bits per heavy atom. The molecule has 0 radical (unpaired) electrons. The molecule has 124 valence electrons. The van der Waals surface area contributed by atoms with Gasteiger partial charge < -0.3 is 5.11 Å². The van der Waals surface area contributed by atoms with Crippen molar-refractivity contribution in [2.45, 2.75) is 12.3 Å². The predicted octanol–water partition coefficient (Wildman–Crippen LogP) is 3.27. The first-order chi connectivity index (χ1) is 11.4. The van der Waals surface area contributed by atoms with Crippen molar-refractivity contribution in [3.05, 3.63) is 87.8 Å². The minimum Gasteiger partial charge on any atom is -0.383 e. The van der Waals surface area contributed by atoms with Crippen LogP contribution in [0, 0.1) is 0 Å². The van der Waals surface area contributed by atoms with E-state index in [1.165, 1.54) is 24.3 Å². The fourth-order valence-electron chi connectivity index (χ4n) is 2.48. The molecule has 7 heteroatoms. The number of H-pyrrole nitrogens is 1. The summed E-state index contributed by atoms with van der Waals surface area (Å²) >= 11 is 0. The Morgan fingerprint density at radius 3 is 2.04 bits per heavy atom. The van der Waals surface area contributed by atoms with E-state index >= 15 is 0 Å². The normalized spacial score (nSPS) is 13.0. The zero-order valence-corrected chi connectivity index (χ0v) is 12.3. The van der Waals surface area contributed by atoms with Gasteiger partial charge in [-0.15, -0.1) is 0 Å². The highest BCUT2D eigenvalue weighted by molar-refractivity contribution is 5.37. The maximum absolute atomic E-state index is 13.3. The van der Waals surface area contributed by atoms with Crippen LogP contribution < -0.4 is 5.56 Å². The molecule has 0 aliphatic carbocycles. The van der Waals surface area contributed by atoms with Crippen molar-refractivity contribution < 1.29 is 18.3 Å². The van der Waals surface area contributed by atoms with Gasteiger partial charge in [0, 0.05) is 0 Å². The van der Waals surface area contributed by atoms with Crippen molar-refractivity contribution in [3.63, 3.8) is 0 Å². The lowest BCUT2D eigenvalue weighted by atomic mass is 10.0. The van der Waals surface area contributed by atoms with Gasteiger partial charge in [0.05, 0.1) is 11.3 Å². The van der Waals surface area contributed by atoms with Gasteiger partial charge in [-0.2, -0.15) is 13.2 Å². The van der Waals surface area contributed by atoms with Crippen LogP contribution in [0.1, 0.15) is 22.9 Å². The highest BCUT2D eigenvalue weighted by Crippen LogP contribution is 2.34. The van der Waals surface area contributed by atoms with E-state index < -0.39 is 29.1 Å². The molecule has 1 unspecified atom stereocenters. The van der Waals surface area contributed by atoms with Gasteiger partial charge in [0.25, 0.3) is 5.56 Å². The number of nitrogens with one attached hydrogen (secondary N) is 1. The second-order valence-electron chi connectivity index (χ2n) is 5.19. The molecule has 2 aromatic carbocycles. The molecule has 1 aromatic heterocycles. The molecule has 3 rings (SSSR count). The quantitative estimate of drug-likeness (QED) is 0.772. The van der Waals surface area contributed by atoms with Gasteiger partial charge in [0.1, 0.15) is 11.8 Å². The Labute approximate surface area is 134 Å². The molecular formula is C17H13F3N2O2. The van der Waals surface area contributed by atoms with E-state index in [0.29, 0.717) is 0 Å². The maximum atomic E-state index is 13.3. The fraction of sp³-hybridized carbons (Fsp3) is 0.118. The van der Waals surface area contributed by atoms with Crippen LogP contribution in [-0.2, 0) is 6.18 Å². The van der Waals surface area contributed by atoms with Crippen molar-refractivity contribution >= 4 is 0 Å². The first kappa shape index (κ1) is 16.1. The molecule has 0 saturated heterocycles. The first-order valence-corrected chi connectivity index (χ1v) is 7.10. The number of nitrogens with zero attached hydrogens (tertiary/aromatic N) is 1. The lowest BCUT2D eigenvalue weighted by Gasteiger charge is -2.12. The molecule has 0 aliphatic rings. The van der Waals surface area contributed by atoms with Gasteiger partial charge >= 0.3 is 6.18 Å². The van der Waals surface area contributed by atoms with Crippen LogP contribution in [0.5, 0.6) is 0 Å². The van der Waals surface area contributed by atoms with Gasteiger partial charge in [-0.05, 0) is 17.7 Å². The number of hydrogen-bond acceptors (Lipinski definition) is 2. The van der Waals surface area contributed by atoms with Gasteiger partial charge in [0.15, 0.2) is 0 Å². The van der Waals surface area contributed by atoms with Crippen LogP contribution in [0.25, 0.3) is 5.69 Å². The Kier molecular flexibility index (Phi) is 4.02. The summed E-state index contributed by atoms with van der Waals surface area (Å²) in [7, 11) is 0. The number of aliphatic hydroxyl groups excluding tert-OH is 1. The number of halogens is 3. The Balaban J connectivity index is 2.21. The summed E-state index contributed by atoms with van der Waals surface area (Å²) in [5.41, 5.74) is -2.46. The van der Waals surface area contributed by atoms with Gasteiger partial charge in [-0.1, -0.05) is 48.5 Å². The highest BCUT2D eigenvalue weighted by atomic mass is 19.4. The van der Waals surface area contributed by atoms with Crippen LogP contribution in [0.15, 0.2) is 65.5 Å². The molecule has 0 aliphatic heterocycles. The monoisotopic (exact) mass is 334 g/mol. The molecule has 0 spiro atoms. The Morgan fingerprint density at radius 2 is 1.50 bits per heavy atom. The number of aromatic amines is 1. The Bertz CT molecular complexity index is 884. The lowest BCUT2D eigenvalue weighted by Crippen LogP contribution is -2.20. The third-order valence-electron chi connectivity index (χ3n) is 3.61. The van der Waals surface area contributed by atoms with Crippen LogP contribution in [0.2, 0.25) is 0 Å². The summed E-state index contributed by atoms with van der Waals surface area (Å²) in [6.45, 7) is 0. The minimum atomic E-state index is -4.80. The molecule has 0 saturated carbocycles. The lowest BCUT2D eigenvalue weighted by molar-refractivity contribution is -0.142. The molecule has 1 heterocycles. The van der Waals surface area contributed by atoms with Crippen molar-refractivity contribution in [1.82, 2.24) is 9.78 Å². The van der Waals surface area contributed by atoms with E-state index in [9.17, 15) is 23.1 Å². The van der Waals surface area contributed by atoms with Crippen molar-refractivity contribution in [2.24, 2.45) is 0 Å². The standard InChI is InChI=1S/C17H13F3N2O2/c18-17(19,20)15-13(14(23)11-7-3-1-4-8-11)16(24)22(21-15)12-9-5-2-6-10-12/h1-10,14,21,23H. The van der Waals surface area contributed by atoms with E-state index in [0.717, 1.165) is 4.68 Å². The molecule has 0 fully saturated rings. The van der Waals surface area contributed by atoms with Crippen molar-refractivity contribution in [1.29, 1.82) is 0 Å². The number of aromatic nitrogens is 2. The Hall–Kier alpha value is -2.80. The molecule has 2 N–H and O–H groups in total. The van der Waals surface area contributed by atoms with Crippen molar-refractivity contribution in [3.8, 4) is 5.69 Å². The smallest absolute Gasteiger partial charge is 0.383 e. The van der Waals surface area contributed by atoms with Crippen LogP contribution in [0.4, 0.5) is 13.2 Å². The van der Waals surface area contributed by atoms with E-state index in [2.05, 4.69) is 5.10 Å². The molecule has 1 atom stereocenters.